The molecule has 1 fully saturated rings. The molecule has 0 bridgehead atoms. The Bertz CT molecular complexity index is 1130. The molecule has 0 unspecified atom stereocenters. The summed E-state index contributed by atoms with van der Waals surface area (Å²) < 4.78 is 11.8. The van der Waals surface area contributed by atoms with Crippen LogP contribution in [0.25, 0.3) is 11.4 Å². The number of rotatable bonds is 6. The van der Waals surface area contributed by atoms with Gasteiger partial charge in [-0.2, -0.15) is 5.26 Å². The molecule has 1 aliphatic rings. The molecule has 4 rings (SSSR count). The molecular formula is C24H26N6O2. The Morgan fingerprint density at radius 2 is 2.06 bits per heavy atom. The average molecular weight is 431 g/mol. The molecule has 0 saturated carbocycles. The molecule has 1 aromatic carbocycles. The molecule has 3 heterocycles. The highest BCUT2D eigenvalue weighted by atomic mass is 16.5. The van der Waals surface area contributed by atoms with Crippen molar-refractivity contribution in [3.63, 3.8) is 0 Å². The fourth-order valence-corrected chi connectivity index (χ4v) is 3.67. The van der Waals surface area contributed by atoms with Gasteiger partial charge in [0.2, 0.25) is 0 Å². The summed E-state index contributed by atoms with van der Waals surface area (Å²) in [6.07, 6.45) is 4.26. The van der Waals surface area contributed by atoms with E-state index in [2.05, 4.69) is 27.9 Å². The number of aromatic nitrogens is 3. The summed E-state index contributed by atoms with van der Waals surface area (Å²) in [5.74, 6) is 2.53. The molecule has 1 aliphatic heterocycles. The van der Waals surface area contributed by atoms with Crippen LogP contribution in [0, 0.1) is 18.3 Å². The van der Waals surface area contributed by atoms with Crippen LogP contribution in [0.5, 0.6) is 11.5 Å². The van der Waals surface area contributed by atoms with Gasteiger partial charge in [0.15, 0.2) is 5.82 Å². The van der Waals surface area contributed by atoms with Crippen molar-refractivity contribution in [1.29, 1.82) is 5.26 Å². The Kier molecular flexibility index (Phi) is 6.59. The van der Waals surface area contributed by atoms with Gasteiger partial charge < -0.3 is 20.1 Å². The largest absolute Gasteiger partial charge is 0.456 e. The topological polar surface area (TPSA) is 110 Å². The number of nitriles is 1. The summed E-state index contributed by atoms with van der Waals surface area (Å²) >= 11 is 0. The summed E-state index contributed by atoms with van der Waals surface area (Å²) in [5, 5.41) is 9.40. The van der Waals surface area contributed by atoms with Crippen LogP contribution >= 0.6 is 0 Å². The maximum atomic E-state index is 9.40. The zero-order valence-corrected chi connectivity index (χ0v) is 18.3. The fourth-order valence-electron chi connectivity index (χ4n) is 3.67. The molecule has 2 N–H and O–H groups in total. The van der Waals surface area contributed by atoms with Gasteiger partial charge in [-0.05, 0) is 50.6 Å². The van der Waals surface area contributed by atoms with Gasteiger partial charge in [0.1, 0.15) is 17.3 Å². The van der Waals surface area contributed by atoms with Crippen LogP contribution in [-0.2, 0) is 11.2 Å². The molecule has 0 spiro atoms. The summed E-state index contributed by atoms with van der Waals surface area (Å²) in [5.41, 5.74) is 8.64. The van der Waals surface area contributed by atoms with Crippen LogP contribution in [0.3, 0.4) is 0 Å². The van der Waals surface area contributed by atoms with E-state index in [1.165, 1.54) is 0 Å². The third-order valence-corrected chi connectivity index (χ3v) is 5.29. The van der Waals surface area contributed by atoms with E-state index in [9.17, 15) is 5.26 Å². The van der Waals surface area contributed by atoms with Crippen LogP contribution in [0.1, 0.15) is 23.7 Å². The lowest BCUT2D eigenvalue weighted by atomic mass is 10.1. The smallest absolute Gasteiger partial charge is 0.162 e. The summed E-state index contributed by atoms with van der Waals surface area (Å²) in [7, 11) is 0. The number of morpholine rings is 1. The molecule has 1 saturated heterocycles. The Hall–Kier alpha value is -3.54. The van der Waals surface area contributed by atoms with Crippen LogP contribution in [-0.4, -0.2) is 47.3 Å². The van der Waals surface area contributed by atoms with E-state index in [-0.39, 0.29) is 6.04 Å². The summed E-state index contributed by atoms with van der Waals surface area (Å²) in [4.78, 5) is 15.9. The lowest BCUT2D eigenvalue weighted by molar-refractivity contribution is 0.0985. The number of nitrogens with zero attached hydrogens (tertiary/aromatic N) is 5. The van der Waals surface area contributed by atoms with Gasteiger partial charge in [-0.3, -0.25) is 0 Å². The van der Waals surface area contributed by atoms with Gasteiger partial charge in [-0.1, -0.05) is 0 Å². The maximum absolute atomic E-state index is 9.40. The zero-order chi connectivity index (χ0) is 22.5. The summed E-state index contributed by atoms with van der Waals surface area (Å²) in [6, 6.07) is 11.4. The van der Waals surface area contributed by atoms with Crippen LogP contribution < -0.4 is 15.4 Å². The fraction of sp³-hybridized carbons (Fsp3) is 0.333. The second-order valence-electron chi connectivity index (χ2n) is 7.80. The van der Waals surface area contributed by atoms with E-state index in [1.807, 2.05) is 25.1 Å². The lowest BCUT2D eigenvalue weighted by Gasteiger charge is -2.34. The number of hydrogen-bond acceptors (Lipinski definition) is 8. The molecule has 164 valence electrons. The van der Waals surface area contributed by atoms with Crippen LogP contribution in [0.4, 0.5) is 5.82 Å². The Morgan fingerprint density at radius 3 is 2.78 bits per heavy atom. The number of anilines is 1. The van der Waals surface area contributed by atoms with Crippen molar-refractivity contribution in [3.05, 3.63) is 59.5 Å². The minimum Gasteiger partial charge on any atom is -0.456 e. The van der Waals surface area contributed by atoms with Gasteiger partial charge in [-0.15, -0.1) is 0 Å². The predicted octanol–water partition coefficient (Wildman–Crippen LogP) is 3.24. The minimum absolute atomic E-state index is 0.226. The second-order valence-corrected chi connectivity index (χ2v) is 7.80. The third kappa shape index (κ3) is 4.85. The molecule has 8 heteroatoms. The van der Waals surface area contributed by atoms with Crippen molar-refractivity contribution < 1.29 is 9.47 Å². The second kappa shape index (κ2) is 9.73. The van der Waals surface area contributed by atoms with Crippen molar-refractivity contribution in [1.82, 2.24) is 15.0 Å². The highest BCUT2D eigenvalue weighted by Crippen LogP contribution is 2.34. The number of ether oxygens (including phenoxy) is 2. The van der Waals surface area contributed by atoms with Crippen molar-refractivity contribution in [2.24, 2.45) is 5.73 Å². The molecule has 0 radical (unpaired) electrons. The first kappa shape index (κ1) is 21.7. The molecule has 8 nitrogen and oxygen atoms in total. The van der Waals surface area contributed by atoms with Crippen molar-refractivity contribution in [3.8, 4) is 29.0 Å². The molecule has 0 aliphatic carbocycles. The van der Waals surface area contributed by atoms with E-state index >= 15 is 0 Å². The number of pyridine rings is 1. The quantitative estimate of drug-likeness (QED) is 0.635. The number of nitrogens with two attached hydrogens (primary N) is 1. The van der Waals surface area contributed by atoms with Gasteiger partial charge >= 0.3 is 0 Å². The van der Waals surface area contributed by atoms with E-state index in [0.29, 0.717) is 48.2 Å². The zero-order valence-electron chi connectivity index (χ0n) is 18.3. The minimum atomic E-state index is 0.226. The highest BCUT2D eigenvalue weighted by molar-refractivity contribution is 5.66. The normalized spacial score (nSPS) is 15.9. The van der Waals surface area contributed by atoms with Crippen molar-refractivity contribution in [2.45, 2.75) is 26.3 Å². The van der Waals surface area contributed by atoms with Gasteiger partial charge in [0.25, 0.3) is 0 Å². The Labute approximate surface area is 187 Å². The van der Waals surface area contributed by atoms with Crippen LogP contribution in [0.2, 0.25) is 0 Å². The molecule has 0 amide bonds. The van der Waals surface area contributed by atoms with Crippen molar-refractivity contribution >= 4 is 5.82 Å². The Balaban J connectivity index is 1.68. The first-order valence-electron chi connectivity index (χ1n) is 10.6. The molecule has 1 atom stereocenters. The standard InChI is InChI=1S/C24H26N6O2/c1-16-9-20(11-23(29-16)30-7-8-31-15-17(30)2)32-22-10-18(12-26)3-4-21(22)24-27-13-19(5-6-25)14-28-24/h3-4,9-11,13-14,17H,5-8,15,25H2,1-2H3/t17-/m1/s1. The number of benzene rings is 1. The van der Waals surface area contributed by atoms with Crippen molar-refractivity contribution in [2.75, 3.05) is 31.2 Å². The van der Waals surface area contributed by atoms with Gasteiger partial charge in [-0.25, -0.2) is 15.0 Å². The summed E-state index contributed by atoms with van der Waals surface area (Å²) in [6.45, 7) is 6.70. The average Bonchev–Trinajstić information content (AvgIpc) is 2.80. The number of hydrogen-bond donors (Lipinski definition) is 1. The molecule has 32 heavy (non-hydrogen) atoms. The Morgan fingerprint density at radius 1 is 1.25 bits per heavy atom. The van der Waals surface area contributed by atoms with Gasteiger partial charge in [0.05, 0.1) is 36.5 Å². The third-order valence-electron chi connectivity index (χ3n) is 5.29. The molecule has 3 aromatic rings. The first-order valence-corrected chi connectivity index (χ1v) is 10.6. The molecular weight excluding hydrogens is 404 g/mol. The monoisotopic (exact) mass is 430 g/mol. The van der Waals surface area contributed by atoms with Gasteiger partial charge in [0, 0.05) is 36.8 Å². The number of aryl methyl sites for hydroxylation is 1. The predicted molar refractivity (Wildman–Crippen MR) is 122 cm³/mol. The van der Waals surface area contributed by atoms with E-state index in [1.54, 1.807) is 24.5 Å². The van der Waals surface area contributed by atoms with E-state index < -0.39 is 0 Å². The molecule has 2 aromatic heterocycles. The van der Waals surface area contributed by atoms with Crippen LogP contribution in [0.15, 0.2) is 42.7 Å². The first-order chi connectivity index (χ1) is 15.6. The SMILES string of the molecule is Cc1cc(Oc2cc(C#N)ccc2-c2ncc(CCN)cn2)cc(N2CCOC[C@H]2C)n1. The van der Waals surface area contributed by atoms with E-state index in [0.717, 1.165) is 30.0 Å². The maximum Gasteiger partial charge on any atom is 0.162 e. The highest BCUT2D eigenvalue weighted by Gasteiger charge is 2.21. The lowest BCUT2D eigenvalue weighted by Crippen LogP contribution is -2.44. The van der Waals surface area contributed by atoms with E-state index in [4.69, 9.17) is 20.2 Å².